The fourth-order valence-electron chi connectivity index (χ4n) is 9.16. The zero-order chi connectivity index (χ0) is 38.6. The third-order valence-corrected chi connectivity index (χ3v) is 11.6. The molecule has 0 spiro atoms. The second-order valence-electron chi connectivity index (χ2n) is 14.6. The number of nitriles is 3. The molecule has 4 aromatic heterocycles. The Balaban J connectivity index is 1.22. The van der Waals surface area contributed by atoms with Crippen molar-refractivity contribution >= 4 is 87.5 Å². The molecule has 0 N–H and O–H groups in total. The van der Waals surface area contributed by atoms with Crippen molar-refractivity contribution in [1.29, 1.82) is 15.8 Å². The average molecular weight is 740 g/mol. The zero-order valence-corrected chi connectivity index (χ0v) is 30.5. The molecule has 0 saturated carbocycles. The highest BCUT2D eigenvalue weighted by Gasteiger charge is 2.25. The maximum Gasteiger partial charge on any atom is 0.160 e. The molecule has 7 heteroatoms. The highest BCUT2D eigenvalue weighted by molar-refractivity contribution is 6.23. The van der Waals surface area contributed by atoms with Gasteiger partial charge in [0, 0.05) is 48.7 Å². The smallest absolute Gasteiger partial charge is 0.160 e. The van der Waals surface area contributed by atoms with Crippen molar-refractivity contribution in [3.8, 4) is 40.7 Å². The fraction of sp³-hybridized carbons (Fsp3) is 0. The summed E-state index contributed by atoms with van der Waals surface area (Å²) in [4.78, 5) is 0. The van der Waals surface area contributed by atoms with Gasteiger partial charge in [-0.1, -0.05) is 84.9 Å². The van der Waals surface area contributed by atoms with Gasteiger partial charge in [0.15, 0.2) is 11.2 Å². The molecular weight excluding hydrogens is 715 g/mol. The van der Waals surface area contributed by atoms with E-state index in [-0.39, 0.29) is 11.1 Å². The maximum absolute atomic E-state index is 10.9. The first kappa shape index (κ1) is 31.7. The van der Waals surface area contributed by atoms with E-state index in [1.165, 1.54) is 0 Å². The summed E-state index contributed by atoms with van der Waals surface area (Å²) in [7, 11) is 0. The van der Waals surface area contributed by atoms with Crippen LogP contribution in [-0.4, -0.2) is 9.13 Å². The lowest BCUT2D eigenvalue weighted by molar-refractivity contribution is 0.670. The van der Waals surface area contributed by atoms with E-state index in [1.807, 2.05) is 97.1 Å². The van der Waals surface area contributed by atoms with Crippen molar-refractivity contribution in [2.45, 2.75) is 0 Å². The van der Waals surface area contributed by atoms with Gasteiger partial charge in [-0.2, -0.15) is 15.8 Å². The van der Waals surface area contributed by atoms with Crippen LogP contribution in [0.4, 0.5) is 0 Å². The quantitative estimate of drug-likeness (QED) is 0.179. The summed E-state index contributed by atoms with van der Waals surface area (Å²) in [5.74, 6) is 0. The highest BCUT2D eigenvalue weighted by atomic mass is 16.3. The number of furan rings is 2. The van der Waals surface area contributed by atoms with Crippen LogP contribution in [0.2, 0.25) is 0 Å². The number of rotatable bonds is 3. The molecule has 0 fully saturated rings. The van der Waals surface area contributed by atoms with Gasteiger partial charge in [-0.05, 0) is 72.3 Å². The van der Waals surface area contributed by atoms with E-state index in [0.717, 1.165) is 87.6 Å². The first-order valence-electron chi connectivity index (χ1n) is 18.9. The number of para-hydroxylation sites is 4. The molecule has 0 radical (unpaired) electrons. The molecule has 12 aromatic rings. The number of nitrogens with zero attached hydrogens (tertiary/aromatic N) is 5. The standard InChI is InChI=1S/C51H25N5O2/c52-26-29-17-22-44(55-42-13-5-1-9-32(42)36-18-20-38-34-11-3-7-15-46(34)57-50(38)48(36)55)40(23-29)30-24-31(27-53)41(28-54)45(25-30)56-43-14-6-2-10-33(43)37-19-21-39-35-12-4-8-16-47(35)58-51(39)49(37)56/h1-25H. The number of fused-ring (bicyclic) bond motifs is 14. The van der Waals surface area contributed by atoms with Crippen molar-refractivity contribution in [3.63, 3.8) is 0 Å². The van der Waals surface area contributed by atoms with E-state index in [0.29, 0.717) is 28.0 Å². The van der Waals surface area contributed by atoms with E-state index in [1.54, 1.807) is 6.07 Å². The van der Waals surface area contributed by atoms with E-state index in [9.17, 15) is 15.8 Å². The Hall–Kier alpha value is -8.57. The molecule has 0 aliphatic heterocycles. The second-order valence-corrected chi connectivity index (χ2v) is 14.6. The van der Waals surface area contributed by atoms with Crippen molar-refractivity contribution in [2.24, 2.45) is 0 Å². The summed E-state index contributed by atoms with van der Waals surface area (Å²) in [6.45, 7) is 0. The van der Waals surface area contributed by atoms with Crippen molar-refractivity contribution < 1.29 is 8.83 Å². The molecule has 0 aliphatic carbocycles. The topological polar surface area (TPSA) is 108 Å². The molecule has 4 heterocycles. The minimum absolute atomic E-state index is 0.216. The van der Waals surface area contributed by atoms with Gasteiger partial charge in [0.2, 0.25) is 0 Å². The van der Waals surface area contributed by atoms with Crippen LogP contribution < -0.4 is 0 Å². The minimum Gasteiger partial charge on any atom is -0.454 e. The Morgan fingerprint density at radius 1 is 0.414 bits per heavy atom. The van der Waals surface area contributed by atoms with Gasteiger partial charge < -0.3 is 18.0 Å². The Morgan fingerprint density at radius 3 is 1.48 bits per heavy atom. The molecule has 0 unspecified atom stereocenters. The number of benzene rings is 8. The average Bonchev–Trinajstić information content (AvgIpc) is 4.03. The third kappa shape index (κ3) is 4.18. The first-order valence-corrected chi connectivity index (χ1v) is 18.9. The SMILES string of the molecule is N#Cc1ccc(-n2c3ccccc3c3ccc4c5ccccc5oc4c32)c(-c2cc(C#N)c(C#N)c(-n3c4ccccc4c4ccc5c6ccccc6oc5c43)c2)c1. The van der Waals surface area contributed by atoms with E-state index in [4.69, 9.17) is 8.83 Å². The Morgan fingerprint density at radius 2 is 0.931 bits per heavy atom. The molecule has 0 amide bonds. The van der Waals surface area contributed by atoms with Gasteiger partial charge >= 0.3 is 0 Å². The lowest BCUT2D eigenvalue weighted by Crippen LogP contribution is -2.03. The summed E-state index contributed by atoms with van der Waals surface area (Å²) in [6, 6.07) is 57.3. The number of hydrogen-bond donors (Lipinski definition) is 0. The molecule has 0 bridgehead atoms. The first-order chi connectivity index (χ1) is 28.6. The van der Waals surface area contributed by atoms with E-state index >= 15 is 0 Å². The van der Waals surface area contributed by atoms with Gasteiger partial charge in [0.05, 0.1) is 56.2 Å². The van der Waals surface area contributed by atoms with Crippen molar-refractivity contribution in [3.05, 3.63) is 168 Å². The normalized spacial score (nSPS) is 11.7. The molecule has 7 nitrogen and oxygen atoms in total. The lowest BCUT2D eigenvalue weighted by Gasteiger charge is -2.18. The van der Waals surface area contributed by atoms with Crippen LogP contribution in [0.3, 0.4) is 0 Å². The summed E-state index contributed by atoms with van der Waals surface area (Å²) >= 11 is 0. The number of aromatic nitrogens is 2. The summed E-state index contributed by atoms with van der Waals surface area (Å²) in [6.07, 6.45) is 0. The van der Waals surface area contributed by atoms with Crippen LogP contribution in [0.15, 0.2) is 160 Å². The van der Waals surface area contributed by atoms with E-state index in [2.05, 4.69) is 75.9 Å². The van der Waals surface area contributed by atoms with Crippen molar-refractivity contribution in [1.82, 2.24) is 9.13 Å². The van der Waals surface area contributed by atoms with Crippen LogP contribution in [0, 0.1) is 34.0 Å². The zero-order valence-electron chi connectivity index (χ0n) is 30.5. The van der Waals surface area contributed by atoms with Crippen molar-refractivity contribution in [2.75, 3.05) is 0 Å². The van der Waals surface area contributed by atoms with Gasteiger partial charge in [-0.15, -0.1) is 0 Å². The lowest BCUT2D eigenvalue weighted by atomic mass is 9.95. The van der Waals surface area contributed by atoms with Crippen LogP contribution in [0.1, 0.15) is 16.7 Å². The van der Waals surface area contributed by atoms with Crippen LogP contribution in [-0.2, 0) is 0 Å². The highest BCUT2D eigenvalue weighted by Crippen LogP contribution is 2.45. The fourth-order valence-corrected chi connectivity index (χ4v) is 9.16. The molecule has 0 saturated heterocycles. The predicted octanol–water partition coefficient (Wildman–Crippen LogP) is 13.0. The van der Waals surface area contributed by atoms with Crippen LogP contribution >= 0.6 is 0 Å². The third-order valence-electron chi connectivity index (χ3n) is 11.6. The molecule has 58 heavy (non-hydrogen) atoms. The van der Waals surface area contributed by atoms with Gasteiger partial charge in [-0.3, -0.25) is 0 Å². The molecule has 0 atom stereocenters. The largest absolute Gasteiger partial charge is 0.454 e. The molecule has 8 aromatic carbocycles. The molecule has 266 valence electrons. The van der Waals surface area contributed by atoms with Crippen LogP contribution in [0.25, 0.3) is 110 Å². The van der Waals surface area contributed by atoms with Gasteiger partial charge in [0.1, 0.15) is 23.3 Å². The van der Waals surface area contributed by atoms with Gasteiger partial charge in [0.25, 0.3) is 0 Å². The summed E-state index contributed by atoms with van der Waals surface area (Å²) in [5, 5.41) is 39.9. The minimum atomic E-state index is 0.216. The van der Waals surface area contributed by atoms with Gasteiger partial charge in [-0.25, -0.2) is 0 Å². The monoisotopic (exact) mass is 739 g/mol. The Bertz CT molecular complexity index is 3910. The predicted molar refractivity (Wildman–Crippen MR) is 229 cm³/mol. The summed E-state index contributed by atoms with van der Waals surface area (Å²) < 4.78 is 17.5. The molecule has 12 rings (SSSR count). The maximum atomic E-state index is 10.9. The van der Waals surface area contributed by atoms with E-state index < -0.39 is 0 Å². The second kappa shape index (κ2) is 11.7. The molecular formula is C51H25N5O2. The Kier molecular flexibility index (Phi) is 6.41. The summed E-state index contributed by atoms with van der Waals surface area (Å²) in [5.41, 5.74) is 10.1. The van der Waals surface area contributed by atoms with Crippen LogP contribution in [0.5, 0.6) is 0 Å². The molecule has 0 aliphatic rings. The Labute approximate surface area is 329 Å². The number of hydrogen-bond acceptors (Lipinski definition) is 5.